The van der Waals surface area contributed by atoms with Crippen LogP contribution in [0, 0.1) is 0 Å². The smallest absolute Gasteiger partial charge is 0.339 e. The highest BCUT2D eigenvalue weighted by atomic mass is 79.9. The molecule has 0 bridgehead atoms. The van der Waals surface area contributed by atoms with Gasteiger partial charge in [-0.25, -0.2) is 4.79 Å². The van der Waals surface area contributed by atoms with Crippen LogP contribution in [0.1, 0.15) is 16.1 Å². The van der Waals surface area contributed by atoms with E-state index in [0.29, 0.717) is 17.3 Å². The number of nitrogens with zero attached hydrogens (tertiary/aromatic N) is 2. The highest BCUT2D eigenvalue weighted by Gasteiger charge is 2.14. The van der Waals surface area contributed by atoms with Crippen LogP contribution < -0.4 is 5.32 Å². The van der Waals surface area contributed by atoms with Gasteiger partial charge in [-0.2, -0.15) is 5.10 Å². The molecule has 2 N–H and O–H groups in total. The number of aromatic carboxylic acids is 1. The van der Waals surface area contributed by atoms with Crippen molar-refractivity contribution in [1.82, 2.24) is 9.78 Å². The molecule has 2 rings (SSSR count). The maximum atomic E-state index is 11.1. The average molecular weight is 345 g/mol. The molecule has 0 unspecified atom stereocenters. The van der Waals surface area contributed by atoms with E-state index < -0.39 is 5.97 Å². The number of hydrogen-bond acceptors (Lipinski definition) is 3. The molecule has 0 radical (unpaired) electrons. The van der Waals surface area contributed by atoms with Gasteiger partial charge in [0.2, 0.25) is 0 Å². The minimum Gasteiger partial charge on any atom is -0.478 e. The van der Waals surface area contributed by atoms with Gasteiger partial charge < -0.3 is 10.4 Å². The number of carbonyl (C=O) groups is 1. The number of benzene rings is 1. The summed E-state index contributed by atoms with van der Waals surface area (Å²) >= 11 is 9.32. The number of halogens is 2. The summed E-state index contributed by atoms with van der Waals surface area (Å²) in [5.74, 6) is -0.991. The van der Waals surface area contributed by atoms with E-state index in [4.69, 9.17) is 16.7 Å². The summed E-state index contributed by atoms with van der Waals surface area (Å²) in [6.45, 7) is 0.344. The summed E-state index contributed by atoms with van der Waals surface area (Å²) in [7, 11) is 1.70. The first kappa shape index (κ1) is 13.9. The summed E-state index contributed by atoms with van der Waals surface area (Å²) in [6, 6.07) is 5.36. The Morgan fingerprint density at radius 2 is 2.32 bits per heavy atom. The van der Waals surface area contributed by atoms with Crippen molar-refractivity contribution in [2.75, 3.05) is 5.32 Å². The maximum Gasteiger partial charge on any atom is 0.339 e. The van der Waals surface area contributed by atoms with Crippen molar-refractivity contribution in [3.8, 4) is 0 Å². The summed E-state index contributed by atoms with van der Waals surface area (Å²) in [4.78, 5) is 11.1. The van der Waals surface area contributed by atoms with Gasteiger partial charge in [0.15, 0.2) is 0 Å². The SMILES string of the molecule is Cn1ncc(C(=O)O)c1CNc1cc(Cl)ccc1Br. The first-order chi connectivity index (χ1) is 8.99. The summed E-state index contributed by atoms with van der Waals surface area (Å²) in [6.07, 6.45) is 1.34. The van der Waals surface area contributed by atoms with Crippen molar-refractivity contribution >= 4 is 39.2 Å². The Morgan fingerprint density at radius 3 is 3.00 bits per heavy atom. The molecule has 100 valence electrons. The van der Waals surface area contributed by atoms with E-state index in [1.165, 1.54) is 10.9 Å². The Bertz CT molecular complexity index is 627. The van der Waals surface area contributed by atoms with Crippen LogP contribution in [-0.2, 0) is 13.6 Å². The standard InChI is InChI=1S/C12H11BrClN3O2/c1-17-11(8(5-16-17)12(18)19)6-15-10-4-7(14)2-3-9(10)13/h2-5,15H,6H2,1H3,(H,18,19). The predicted molar refractivity (Wildman–Crippen MR) is 76.6 cm³/mol. The Morgan fingerprint density at radius 1 is 1.58 bits per heavy atom. The lowest BCUT2D eigenvalue weighted by Crippen LogP contribution is -2.10. The fourth-order valence-corrected chi connectivity index (χ4v) is 2.22. The molecule has 5 nitrogen and oxygen atoms in total. The highest BCUT2D eigenvalue weighted by molar-refractivity contribution is 9.10. The van der Waals surface area contributed by atoms with Crippen molar-refractivity contribution in [3.05, 3.63) is 45.1 Å². The van der Waals surface area contributed by atoms with Gasteiger partial charge >= 0.3 is 5.97 Å². The molecule has 0 atom stereocenters. The largest absolute Gasteiger partial charge is 0.478 e. The van der Waals surface area contributed by atoms with Gasteiger partial charge in [0.05, 0.1) is 24.1 Å². The molecule has 0 aliphatic heterocycles. The van der Waals surface area contributed by atoms with Crippen molar-refractivity contribution in [2.24, 2.45) is 7.05 Å². The Hall–Kier alpha value is -1.53. The highest BCUT2D eigenvalue weighted by Crippen LogP contribution is 2.26. The summed E-state index contributed by atoms with van der Waals surface area (Å²) in [5.41, 5.74) is 1.58. The van der Waals surface area contributed by atoms with Crippen molar-refractivity contribution < 1.29 is 9.90 Å². The van der Waals surface area contributed by atoms with Crippen molar-refractivity contribution in [1.29, 1.82) is 0 Å². The van der Waals surface area contributed by atoms with E-state index in [0.717, 1.165) is 10.2 Å². The second-order valence-electron chi connectivity index (χ2n) is 3.91. The van der Waals surface area contributed by atoms with Gasteiger partial charge in [-0.15, -0.1) is 0 Å². The third kappa shape index (κ3) is 3.08. The zero-order valence-electron chi connectivity index (χ0n) is 10.0. The normalized spacial score (nSPS) is 10.5. The van der Waals surface area contributed by atoms with Crippen LogP contribution in [0.2, 0.25) is 5.02 Å². The second-order valence-corrected chi connectivity index (χ2v) is 5.20. The third-order valence-electron chi connectivity index (χ3n) is 2.67. The molecule has 1 aromatic carbocycles. The number of nitrogens with one attached hydrogen (secondary N) is 1. The van der Waals surface area contributed by atoms with E-state index in [9.17, 15) is 4.79 Å². The molecule has 2 aromatic rings. The molecule has 1 heterocycles. The molecule has 0 aliphatic rings. The van der Waals surface area contributed by atoms with Gasteiger partial charge in [0.25, 0.3) is 0 Å². The Kier molecular flexibility index (Phi) is 4.11. The first-order valence-electron chi connectivity index (χ1n) is 5.42. The molecule has 0 aliphatic carbocycles. The molecule has 0 amide bonds. The lowest BCUT2D eigenvalue weighted by molar-refractivity contribution is 0.0695. The Labute approximate surface area is 123 Å². The molecule has 0 saturated carbocycles. The average Bonchev–Trinajstić information content (AvgIpc) is 2.72. The Balaban J connectivity index is 2.21. The van der Waals surface area contributed by atoms with Gasteiger partial charge in [-0.1, -0.05) is 11.6 Å². The van der Waals surface area contributed by atoms with Crippen LogP contribution in [-0.4, -0.2) is 20.9 Å². The second kappa shape index (κ2) is 5.63. The van der Waals surface area contributed by atoms with Crippen LogP contribution in [0.4, 0.5) is 5.69 Å². The number of anilines is 1. The molecule has 0 saturated heterocycles. The lowest BCUT2D eigenvalue weighted by Gasteiger charge is -2.10. The first-order valence-corrected chi connectivity index (χ1v) is 6.59. The fourth-order valence-electron chi connectivity index (χ4n) is 1.66. The molecule has 19 heavy (non-hydrogen) atoms. The van der Waals surface area contributed by atoms with E-state index in [-0.39, 0.29) is 5.56 Å². The topological polar surface area (TPSA) is 67.2 Å². The van der Waals surface area contributed by atoms with Crippen LogP contribution in [0.15, 0.2) is 28.9 Å². The van der Waals surface area contributed by atoms with Crippen LogP contribution >= 0.6 is 27.5 Å². The molecule has 7 heteroatoms. The third-order valence-corrected chi connectivity index (χ3v) is 3.59. The van der Waals surface area contributed by atoms with Crippen LogP contribution in [0.25, 0.3) is 0 Å². The predicted octanol–water partition coefficient (Wildman–Crippen LogP) is 3.15. The number of carboxylic acid groups (broad SMARTS) is 1. The minimum atomic E-state index is -0.991. The number of aromatic nitrogens is 2. The van der Waals surface area contributed by atoms with Crippen LogP contribution in [0.3, 0.4) is 0 Å². The quantitative estimate of drug-likeness (QED) is 0.894. The van der Waals surface area contributed by atoms with E-state index in [2.05, 4.69) is 26.3 Å². The molecule has 0 fully saturated rings. The number of rotatable bonds is 4. The van der Waals surface area contributed by atoms with Gasteiger partial charge in [0, 0.05) is 16.5 Å². The molecule has 1 aromatic heterocycles. The monoisotopic (exact) mass is 343 g/mol. The molecule has 0 spiro atoms. The van der Waals surface area contributed by atoms with E-state index in [1.807, 2.05) is 6.07 Å². The van der Waals surface area contributed by atoms with E-state index in [1.54, 1.807) is 19.2 Å². The minimum absolute atomic E-state index is 0.188. The molecular weight excluding hydrogens is 334 g/mol. The summed E-state index contributed by atoms with van der Waals surface area (Å²) < 4.78 is 2.39. The maximum absolute atomic E-state index is 11.1. The van der Waals surface area contributed by atoms with Gasteiger partial charge in [0.1, 0.15) is 5.56 Å². The number of aryl methyl sites for hydroxylation is 1. The van der Waals surface area contributed by atoms with Crippen molar-refractivity contribution in [2.45, 2.75) is 6.54 Å². The van der Waals surface area contributed by atoms with Crippen LogP contribution in [0.5, 0.6) is 0 Å². The fraction of sp³-hybridized carbons (Fsp3) is 0.167. The number of hydrogen-bond donors (Lipinski definition) is 2. The number of carboxylic acids is 1. The van der Waals surface area contributed by atoms with Gasteiger partial charge in [-0.05, 0) is 34.1 Å². The summed E-state index contributed by atoms with van der Waals surface area (Å²) in [5, 5.41) is 16.8. The van der Waals surface area contributed by atoms with Gasteiger partial charge in [-0.3, -0.25) is 4.68 Å². The zero-order chi connectivity index (χ0) is 14.0. The molecular formula is C12H11BrClN3O2. The zero-order valence-corrected chi connectivity index (χ0v) is 12.4. The van der Waals surface area contributed by atoms with Crippen molar-refractivity contribution in [3.63, 3.8) is 0 Å². The lowest BCUT2D eigenvalue weighted by atomic mass is 10.2. The van der Waals surface area contributed by atoms with E-state index >= 15 is 0 Å².